The number of rotatable bonds is 2. The fourth-order valence-corrected chi connectivity index (χ4v) is 3.22. The van der Waals surface area contributed by atoms with E-state index in [9.17, 15) is 4.79 Å². The van der Waals surface area contributed by atoms with Gasteiger partial charge in [-0.15, -0.1) is 0 Å². The number of amides is 1. The number of aromatic nitrogens is 1. The maximum Gasteiger partial charge on any atom is 0.226 e. The zero-order chi connectivity index (χ0) is 13.1. The van der Waals surface area contributed by atoms with Crippen LogP contribution in [0.2, 0.25) is 0 Å². The van der Waals surface area contributed by atoms with E-state index in [0.717, 1.165) is 38.6 Å². The quantitative estimate of drug-likeness (QED) is 0.762. The van der Waals surface area contributed by atoms with E-state index in [0.29, 0.717) is 5.91 Å². The van der Waals surface area contributed by atoms with Crippen LogP contribution in [0.4, 0.5) is 0 Å². The van der Waals surface area contributed by atoms with Crippen LogP contribution in [0, 0.1) is 5.92 Å². The number of hydrogen-bond acceptors (Lipinski definition) is 2. The van der Waals surface area contributed by atoms with Crippen LogP contribution in [-0.2, 0) is 4.79 Å². The molecule has 0 radical (unpaired) electrons. The molecule has 2 atom stereocenters. The molecule has 19 heavy (non-hydrogen) atoms. The Balaban J connectivity index is 1.76. The van der Waals surface area contributed by atoms with E-state index in [1.54, 1.807) is 0 Å². The van der Waals surface area contributed by atoms with E-state index in [1.165, 1.54) is 5.56 Å². The molecule has 0 aromatic carbocycles. The summed E-state index contributed by atoms with van der Waals surface area (Å²) >= 11 is 0. The third-order valence-corrected chi connectivity index (χ3v) is 4.25. The summed E-state index contributed by atoms with van der Waals surface area (Å²) in [5.74, 6) is 0.552. The van der Waals surface area contributed by atoms with Crippen LogP contribution in [0.1, 0.15) is 43.7 Å². The maximum absolute atomic E-state index is 12.7. The molecule has 0 saturated carbocycles. The van der Waals surface area contributed by atoms with E-state index in [4.69, 9.17) is 0 Å². The zero-order valence-electron chi connectivity index (χ0n) is 11.2. The van der Waals surface area contributed by atoms with Crippen molar-refractivity contribution in [3.63, 3.8) is 0 Å². The minimum Gasteiger partial charge on any atom is -0.335 e. The number of hydrogen-bond donors (Lipinski definition) is 0. The summed E-state index contributed by atoms with van der Waals surface area (Å²) in [6.07, 6.45) is 13.1. The molecule has 3 heteroatoms. The Morgan fingerprint density at radius 2 is 2.05 bits per heavy atom. The van der Waals surface area contributed by atoms with E-state index in [1.807, 2.05) is 24.5 Å². The van der Waals surface area contributed by atoms with Crippen molar-refractivity contribution < 1.29 is 4.79 Å². The van der Waals surface area contributed by atoms with Crippen molar-refractivity contribution >= 4 is 5.91 Å². The number of carbonyl (C=O) groups excluding carboxylic acids is 1. The van der Waals surface area contributed by atoms with Gasteiger partial charge in [-0.1, -0.05) is 12.2 Å². The molecule has 0 spiro atoms. The van der Waals surface area contributed by atoms with Gasteiger partial charge in [-0.2, -0.15) is 0 Å². The highest BCUT2D eigenvalue weighted by Crippen LogP contribution is 2.34. The summed E-state index contributed by atoms with van der Waals surface area (Å²) in [6.45, 7) is 0.909. The molecule has 2 aliphatic rings. The molecule has 1 aliphatic carbocycles. The van der Waals surface area contributed by atoms with Crippen LogP contribution >= 0.6 is 0 Å². The van der Waals surface area contributed by atoms with Crippen molar-refractivity contribution in [1.82, 2.24) is 9.88 Å². The van der Waals surface area contributed by atoms with Crippen molar-refractivity contribution in [2.24, 2.45) is 5.92 Å². The molecule has 3 rings (SSSR count). The topological polar surface area (TPSA) is 33.2 Å². The molecule has 2 heterocycles. The molecule has 1 amide bonds. The van der Waals surface area contributed by atoms with Gasteiger partial charge < -0.3 is 4.90 Å². The lowest BCUT2D eigenvalue weighted by Gasteiger charge is -2.29. The van der Waals surface area contributed by atoms with E-state index in [2.05, 4.69) is 22.0 Å². The van der Waals surface area contributed by atoms with Crippen LogP contribution in [0.5, 0.6) is 0 Å². The van der Waals surface area contributed by atoms with Crippen molar-refractivity contribution in [1.29, 1.82) is 0 Å². The van der Waals surface area contributed by atoms with Crippen LogP contribution in [-0.4, -0.2) is 22.3 Å². The number of likely N-dealkylation sites (tertiary alicyclic amines) is 1. The molecule has 0 N–H and O–H groups in total. The van der Waals surface area contributed by atoms with Crippen LogP contribution in [0.3, 0.4) is 0 Å². The molecule has 3 nitrogen and oxygen atoms in total. The molecule has 1 aliphatic heterocycles. The Kier molecular flexibility index (Phi) is 3.62. The summed E-state index contributed by atoms with van der Waals surface area (Å²) in [5.41, 5.74) is 1.23. The molecule has 1 saturated heterocycles. The predicted molar refractivity (Wildman–Crippen MR) is 74.4 cm³/mol. The van der Waals surface area contributed by atoms with Crippen molar-refractivity contribution in [3.8, 4) is 0 Å². The van der Waals surface area contributed by atoms with Gasteiger partial charge in [-0.05, 0) is 49.8 Å². The molecule has 1 aromatic rings. The first kappa shape index (κ1) is 12.4. The van der Waals surface area contributed by atoms with Gasteiger partial charge in [-0.3, -0.25) is 9.78 Å². The monoisotopic (exact) mass is 256 g/mol. The lowest BCUT2D eigenvalue weighted by molar-refractivity contribution is -0.136. The first-order chi connectivity index (χ1) is 9.36. The number of allylic oxidation sites excluding steroid dienone is 2. The first-order valence-corrected chi connectivity index (χ1v) is 7.21. The summed E-state index contributed by atoms with van der Waals surface area (Å²) in [4.78, 5) is 18.8. The van der Waals surface area contributed by atoms with Gasteiger partial charge in [0.15, 0.2) is 0 Å². The highest BCUT2D eigenvalue weighted by atomic mass is 16.2. The second-order valence-corrected chi connectivity index (χ2v) is 5.45. The Morgan fingerprint density at radius 3 is 2.79 bits per heavy atom. The Bertz CT molecular complexity index is 469. The van der Waals surface area contributed by atoms with Gasteiger partial charge in [-0.25, -0.2) is 0 Å². The highest BCUT2D eigenvalue weighted by molar-refractivity contribution is 5.80. The molecule has 1 aromatic heterocycles. The molecule has 1 fully saturated rings. The smallest absolute Gasteiger partial charge is 0.226 e. The number of nitrogens with zero attached hydrogens (tertiary/aromatic N) is 2. The third-order valence-electron chi connectivity index (χ3n) is 4.25. The van der Waals surface area contributed by atoms with Crippen molar-refractivity contribution in [2.75, 3.05) is 6.54 Å². The standard InChI is InChI=1S/C16H20N2O/c19-16(14-5-2-1-3-6-14)18-12-4-7-15(18)13-8-10-17-11-9-13/h1-2,8-11,14-15H,3-7,12H2. The van der Waals surface area contributed by atoms with Gasteiger partial charge >= 0.3 is 0 Å². The molecular weight excluding hydrogens is 236 g/mol. The Morgan fingerprint density at radius 1 is 1.21 bits per heavy atom. The summed E-state index contributed by atoms with van der Waals surface area (Å²) < 4.78 is 0. The van der Waals surface area contributed by atoms with Gasteiger partial charge in [0.25, 0.3) is 0 Å². The van der Waals surface area contributed by atoms with Gasteiger partial charge in [0.1, 0.15) is 0 Å². The molecule has 2 unspecified atom stereocenters. The minimum atomic E-state index is 0.201. The van der Waals surface area contributed by atoms with Gasteiger partial charge in [0.2, 0.25) is 5.91 Å². The third kappa shape index (κ3) is 2.55. The zero-order valence-corrected chi connectivity index (χ0v) is 11.2. The van der Waals surface area contributed by atoms with E-state index >= 15 is 0 Å². The lowest BCUT2D eigenvalue weighted by Crippen LogP contribution is -2.36. The van der Waals surface area contributed by atoms with Crippen LogP contribution < -0.4 is 0 Å². The molecular formula is C16H20N2O. The second-order valence-electron chi connectivity index (χ2n) is 5.45. The summed E-state index contributed by atoms with van der Waals surface area (Å²) in [6, 6.07) is 4.34. The molecule has 0 bridgehead atoms. The molecule has 100 valence electrons. The number of carbonyl (C=O) groups is 1. The normalized spacial score (nSPS) is 26.6. The largest absolute Gasteiger partial charge is 0.335 e. The van der Waals surface area contributed by atoms with E-state index in [-0.39, 0.29) is 12.0 Å². The van der Waals surface area contributed by atoms with Crippen molar-refractivity contribution in [3.05, 3.63) is 42.2 Å². The highest BCUT2D eigenvalue weighted by Gasteiger charge is 2.33. The second kappa shape index (κ2) is 5.55. The first-order valence-electron chi connectivity index (χ1n) is 7.21. The van der Waals surface area contributed by atoms with Gasteiger partial charge in [0.05, 0.1) is 6.04 Å². The fourth-order valence-electron chi connectivity index (χ4n) is 3.22. The SMILES string of the molecule is O=C(C1CC=CCC1)N1CCCC1c1ccncc1. The average molecular weight is 256 g/mol. The number of pyridine rings is 1. The Labute approximate surface area is 114 Å². The lowest BCUT2D eigenvalue weighted by atomic mass is 9.92. The predicted octanol–water partition coefficient (Wildman–Crippen LogP) is 3.10. The summed E-state index contributed by atoms with van der Waals surface area (Å²) in [5, 5.41) is 0. The van der Waals surface area contributed by atoms with Crippen molar-refractivity contribution in [2.45, 2.75) is 38.1 Å². The maximum atomic E-state index is 12.7. The Hall–Kier alpha value is -1.64. The van der Waals surface area contributed by atoms with Gasteiger partial charge in [0, 0.05) is 24.9 Å². The fraction of sp³-hybridized carbons (Fsp3) is 0.500. The van der Waals surface area contributed by atoms with Crippen LogP contribution in [0.15, 0.2) is 36.7 Å². The van der Waals surface area contributed by atoms with Crippen LogP contribution in [0.25, 0.3) is 0 Å². The minimum absolute atomic E-state index is 0.201. The summed E-state index contributed by atoms with van der Waals surface area (Å²) in [7, 11) is 0. The van der Waals surface area contributed by atoms with E-state index < -0.39 is 0 Å². The average Bonchev–Trinajstić information content (AvgIpc) is 2.98.